The number of rotatable bonds is 2. The molecule has 0 bridgehead atoms. The van der Waals surface area contributed by atoms with Gasteiger partial charge in [-0.2, -0.15) is 0 Å². The van der Waals surface area contributed by atoms with E-state index in [2.05, 4.69) is 5.32 Å². The maximum atomic E-state index is 12.6. The van der Waals surface area contributed by atoms with Crippen LogP contribution >= 0.6 is 23.2 Å². The highest BCUT2D eigenvalue weighted by atomic mass is 35.5. The second kappa shape index (κ2) is 5.98. The van der Waals surface area contributed by atoms with Gasteiger partial charge in [0.2, 0.25) is 6.79 Å². The van der Waals surface area contributed by atoms with Crippen LogP contribution in [0, 0.1) is 0 Å². The highest BCUT2D eigenvalue weighted by molar-refractivity contribution is 6.34. The minimum Gasteiger partial charge on any atom is -0.454 e. The number of carbonyl (C=O) groups excluding carboxylic acids is 2. The van der Waals surface area contributed by atoms with Gasteiger partial charge in [0, 0.05) is 11.1 Å². The molecule has 2 aliphatic heterocycles. The molecule has 0 unspecified atom stereocenters. The SMILES string of the molecule is O=C1NC(=Cc2cc3c(cc2Cl)OCO3)C(=O)N1c1cccc(Cl)c1. The zero-order chi connectivity index (χ0) is 17.6. The van der Waals surface area contributed by atoms with Gasteiger partial charge in [0.15, 0.2) is 11.5 Å². The molecular formula is C17H10Cl2N2O4. The fraction of sp³-hybridized carbons (Fsp3) is 0.0588. The Morgan fingerprint density at radius 1 is 1.08 bits per heavy atom. The number of hydrogen-bond acceptors (Lipinski definition) is 4. The smallest absolute Gasteiger partial charge is 0.333 e. The summed E-state index contributed by atoms with van der Waals surface area (Å²) in [6.45, 7) is 0.115. The summed E-state index contributed by atoms with van der Waals surface area (Å²) in [5.74, 6) is 0.565. The number of ether oxygens (including phenoxy) is 2. The summed E-state index contributed by atoms with van der Waals surface area (Å²) in [6, 6.07) is 9.18. The van der Waals surface area contributed by atoms with Gasteiger partial charge in [-0.3, -0.25) is 4.79 Å². The predicted octanol–water partition coefficient (Wildman–Crippen LogP) is 3.82. The second-order valence-corrected chi connectivity index (χ2v) is 6.18. The minimum atomic E-state index is -0.560. The first-order valence-corrected chi connectivity index (χ1v) is 8.00. The van der Waals surface area contributed by atoms with E-state index in [0.29, 0.717) is 32.8 Å². The fourth-order valence-corrected chi connectivity index (χ4v) is 2.98. The summed E-state index contributed by atoms with van der Waals surface area (Å²) in [4.78, 5) is 25.8. The molecule has 0 radical (unpaired) electrons. The van der Waals surface area contributed by atoms with Crippen LogP contribution in [0.1, 0.15) is 5.56 Å². The van der Waals surface area contributed by atoms with E-state index < -0.39 is 11.9 Å². The lowest BCUT2D eigenvalue weighted by molar-refractivity contribution is -0.113. The van der Waals surface area contributed by atoms with Crippen LogP contribution in [0.4, 0.5) is 10.5 Å². The molecule has 0 saturated carbocycles. The van der Waals surface area contributed by atoms with Gasteiger partial charge >= 0.3 is 6.03 Å². The molecule has 0 aromatic heterocycles. The number of urea groups is 1. The number of carbonyl (C=O) groups is 2. The van der Waals surface area contributed by atoms with Gasteiger partial charge in [0.05, 0.1) is 10.7 Å². The van der Waals surface area contributed by atoms with Crippen LogP contribution in [-0.4, -0.2) is 18.7 Å². The Morgan fingerprint density at radius 3 is 2.60 bits per heavy atom. The molecule has 4 rings (SSSR count). The van der Waals surface area contributed by atoms with Crippen LogP contribution < -0.4 is 19.7 Å². The molecule has 8 heteroatoms. The third-order valence-electron chi connectivity index (χ3n) is 3.74. The topological polar surface area (TPSA) is 67.9 Å². The molecule has 2 heterocycles. The summed E-state index contributed by atoms with van der Waals surface area (Å²) in [5, 5.41) is 3.34. The molecule has 1 fully saturated rings. The number of imide groups is 1. The summed E-state index contributed by atoms with van der Waals surface area (Å²) in [6.07, 6.45) is 1.50. The first-order chi connectivity index (χ1) is 12.0. The maximum absolute atomic E-state index is 12.6. The average molecular weight is 377 g/mol. The molecule has 25 heavy (non-hydrogen) atoms. The molecule has 1 saturated heterocycles. The summed E-state index contributed by atoms with van der Waals surface area (Å²) < 4.78 is 10.5. The number of benzene rings is 2. The van der Waals surface area contributed by atoms with Crippen LogP contribution in [0.2, 0.25) is 10.0 Å². The molecule has 3 amide bonds. The van der Waals surface area contributed by atoms with E-state index in [9.17, 15) is 9.59 Å². The average Bonchev–Trinajstić information content (AvgIpc) is 3.12. The summed E-state index contributed by atoms with van der Waals surface area (Å²) >= 11 is 12.1. The van der Waals surface area contributed by atoms with Crippen molar-refractivity contribution in [2.75, 3.05) is 11.7 Å². The van der Waals surface area contributed by atoms with Crippen molar-refractivity contribution in [2.24, 2.45) is 0 Å². The van der Waals surface area contributed by atoms with Crippen LogP contribution in [0.25, 0.3) is 6.08 Å². The largest absolute Gasteiger partial charge is 0.454 e. The number of anilines is 1. The van der Waals surface area contributed by atoms with Crippen molar-refractivity contribution < 1.29 is 19.1 Å². The molecule has 2 aromatic carbocycles. The van der Waals surface area contributed by atoms with E-state index >= 15 is 0 Å². The minimum absolute atomic E-state index is 0.103. The zero-order valence-corrected chi connectivity index (χ0v) is 14.1. The lowest BCUT2D eigenvalue weighted by Crippen LogP contribution is -2.30. The lowest BCUT2D eigenvalue weighted by atomic mass is 10.1. The van der Waals surface area contributed by atoms with Gasteiger partial charge < -0.3 is 14.8 Å². The van der Waals surface area contributed by atoms with Crippen molar-refractivity contribution in [1.29, 1.82) is 0 Å². The van der Waals surface area contributed by atoms with Crippen molar-refractivity contribution in [3.63, 3.8) is 0 Å². The maximum Gasteiger partial charge on any atom is 0.333 e. The predicted molar refractivity (Wildman–Crippen MR) is 93.0 cm³/mol. The van der Waals surface area contributed by atoms with Gasteiger partial charge in [-0.15, -0.1) is 0 Å². The molecule has 1 N–H and O–H groups in total. The molecule has 2 aromatic rings. The first-order valence-electron chi connectivity index (χ1n) is 7.25. The quantitative estimate of drug-likeness (QED) is 0.638. The second-order valence-electron chi connectivity index (χ2n) is 5.34. The van der Waals surface area contributed by atoms with Gasteiger partial charge in [0.25, 0.3) is 5.91 Å². The third-order valence-corrected chi connectivity index (χ3v) is 4.30. The first kappa shape index (κ1) is 15.8. The molecule has 6 nitrogen and oxygen atoms in total. The van der Waals surface area contributed by atoms with Gasteiger partial charge in [-0.25, -0.2) is 9.69 Å². The monoisotopic (exact) mass is 376 g/mol. The van der Waals surface area contributed by atoms with E-state index in [1.54, 1.807) is 30.3 Å². The summed E-state index contributed by atoms with van der Waals surface area (Å²) in [7, 11) is 0. The van der Waals surface area contributed by atoms with E-state index in [-0.39, 0.29) is 12.5 Å². The van der Waals surface area contributed by atoms with Crippen LogP contribution in [-0.2, 0) is 4.79 Å². The standard InChI is InChI=1S/C17H10Cl2N2O4/c18-10-2-1-3-11(6-10)21-16(22)13(20-17(21)23)4-9-5-14-15(7-12(9)19)25-8-24-14/h1-7H,8H2,(H,20,23). The van der Waals surface area contributed by atoms with Crippen LogP contribution in [0.15, 0.2) is 42.1 Å². The molecule has 0 aliphatic carbocycles. The van der Waals surface area contributed by atoms with Gasteiger partial charge in [-0.1, -0.05) is 29.3 Å². The van der Waals surface area contributed by atoms with Crippen molar-refractivity contribution >= 4 is 46.9 Å². The number of fused-ring (bicyclic) bond motifs is 1. The van der Waals surface area contributed by atoms with E-state index in [1.807, 2.05) is 0 Å². The normalized spacial score (nSPS) is 17.4. The van der Waals surface area contributed by atoms with E-state index in [1.165, 1.54) is 12.1 Å². The molecular weight excluding hydrogens is 367 g/mol. The zero-order valence-electron chi connectivity index (χ0n) is 12.6. The molecule has 0 spiro atoms. The highest BCUT2D eigenvalue weighted by Crippen LogP contribution is 2.37. The fourth-order valence-electron chi connectivity index (χ4n) is 2.58. The Hall–Kier alpha value is -2.70. The molecule has 0 atom stereocenters. The van der Waals surface area contributed by atoms with Gasteiger partial charge in [-0.05, 0) is 35.9 Å². The number of nitrogens with one attached hydrogen (secondary N) is 1. The number of nitrogens with zero attached hydrogens (tertiary/aromatic N) is 1. The van der Waals surface area contributed by atoms with Crippen LogP contribution in [0.5, 0.6) is 11.5 Å². The van der Waals surface area contributed by atoms with E-state index in [0.717, 1.165) is 4.90 Å². The van der Waals surface area contributed by atoms with Crippen molar-refractivity contribution in [3.8, 4) is 11.5 Å². The lowest BCUT2D eigenvalue weighted by Gasteiger charge is -2.11. The van der Waals surface area contributed by atoms with Crippen molar-refractivity contribution in [3.05, 3.63) is 57.7 Å². The Kier molecular flexibility index (Phi) is 3.78. The van der Waals surface area contributed by atoms with Crippen molar-refractivity contribution in [1.82, 2.24) is 5.32 Å². The van der Waals surface area contributed by atoms with Crippen molar-refractivity contribution in [2.45, 2.75) is 0 Å². The number of amides is 3. The highest BCUT2D eigenvalue weighted by Gasteiger charge is 2.35. The Balaban J connectivity index is 1.69. The van der Waals surface area contributed by atoms with Gasteiger partial charge in [0.1, 0.15) is 5.70 Å². The number of hydrogen-bond donors (Lipinski definition) is 1. The third kappa shape index (κ3) is 2.79. The summed E-state index contributed by atoms with van der Waals surface area (Å²) in [5.41, 5.74) is 1.02. The Morgan fingerprint density at radius 2 is 1.84 bits per heavy atom. The number of halogens is 2. The molecule has 2 aliphatic rings. The Bertz CT molecular complexity index is 942. The molecule has 126 valence electrons. The van der Waals surface area contributed by atoms with E-state index in [4.69, 9.17) is 32.7 Å². The van der Waals surface area contributed by atoms with Crippen LogP contribution in [0.3, 0.4) is 0 Å². The Labute approximate surface area is 152 Å².